The summed E-state index contributed by atoms with van der Waals surface area (Å²) < 4.78 is 5.81. The van der Waals surface area contributed by atoms with Gasteiger partial charge >= 0.3 is 6.03 Å². The van der Waals surface area contributed by atoms with Crippen LogP contribution in [-0.2, 0) is 11.3 Å². The maximum atomic E-state index is 12.5. The maximum Gasteiger partial charge on any atom is 0.321 e. The van der Waals surface area contributed by atoms with E-state index in [1.54, 1.807) is 6.92 Å². The van der Waals surface area contributed by atoms with E-state index < -0.39 is 6.10 Å². The van der Waals surface area contributed by atoms with Crippen molar-refractivity contribution in [3.63, 3.8) is 0 Å². The molecule has 1 aliphatic rings. The highest BCUT2D eigenvalue weighted by atomic mass is 16.5. The molecule has 1 fully saturated rings. The van der Waals surface area contributed by atoms with E-state index in [0.717, 1.165) is 48.3 Å². The molecule has 4 rings (SSSR count). The van der Waals surface area contributed by atoms with Crippen LogP contribution in [0.1, 0.15) is 25.3 Å². The number of urea groups is 1. The van der Waals surface area contributed by atoms with Gasteiger partial charge in [-0.15, -0.1) is 0 Å². The zero-order chi connectivity index (χ0) is 23.0. The number of nitrogens with zero attached hydrogens (tertiary/aromatic N) is 1. The van der Waals surface area contributed by atoms with Crippen molar-refractivity contribution in [2.45, 2.75) is 32.4 Å². The van der Waals surface area contributed by atoms with E-state index >= 15 is 0 Å². The van der Waals surface area contributed by atoms with Crippen LogP contribution in [-0.4, -0.2) is 36.0 Å². The average molecular weight is 444 g/mol. The van der Waals surface area contributed by atoms with E-state index in [9.17, 15) is 9.59 Å². The number of amides is 3. The molecule has 1 unspecified atom stereocenters. The maximum absolute atomic E-state index is 12.5. The Balaban J connectivity index is 1.27. The Labute approximate surface area is 194 Å². The molecule has 170 valence electrons. The van der Waals surface area contributed by atoms with E-state index in [4.69, 9.17) is 4.74 Å². The highest BCUT2D eigenvalue weighted by molar-refractivity contribution is 5.89. The summed E-state index contributed by atoms with van der Waals surface area (Å²) >= 11 is 0. The Bertz CT molecular complexity index is 1080. The second-order valence-corrected chi connectivity index (χ2v) is 8.19. The molecule has 3 amide bonds. The first kappa shape index (κ1) is 22.4. The van der Waals surface area contributed by atoms with Crippen molar-refractivity contribution in [2.75, 3.05) is 18.4 Å². The van der Waals surface area contributed by atoms with Gasteiger partial charge in [0.1, 0.15) is 5.75 Å². The van der Waals surface area contributed by atoms with Gasteiger partial charge in [0.15, 0.2) is 6.10 Å². The number of hydrogen-bond donors (Lipinski definition) is 2. The number of likely N-dealkylation sites (tertiary alicyclic amines) is 1. The molecule has 33 heavy (non-hydrogen) atoms. The van der Waals surface area contributed by atoms with Crippen LogP contribution >= 0.6 is 0 Å². The number of anilines is 1. The first-order chi connectivity index (χ1) is 16.1. The first-order valence-corrected chi connectivity index (χ1v) is 11.3. The fraction of sp³-hybridized carbons (Fsp3) is 0.259. The quantitative estimate of drug-likeness (QED) is 0.536. The summed E-state index contributed by atoms with van der Waals surface area (Å²) in [5.41, 5.74) is 3.86. The largest absolute Gasteiger partial charge is 0.481 e. The Hall–Kier alpha value is -3.80. The smallest absolute Gasteiger partial charge is 0.321 e. The van der Waals surface area contributed by atoms with Crippen LogP contribution in [0, 0.1) is 0 Å². The van der Waals surface area contributed by atoms with E-state index in [0.29, 0.717) is 12.3 Å². The minimum atomic E-state index is -0.634. The zero-order valence-corrected chi connectivity index (χ0v) is 18.8. The van der Waals surface area contributed by atoms with Crippen molar-refractivity contribution in [1.82, 2.24) is 10.2 Å². The molecule has 0 saturated carbocycles. The lowest BCUT2D eigenvalue weighted by molar-refractivity contribution is -0.127. The number of rotatable bonds is 7. The number of carbonyl (C=O) groups is 2. The summed E-state index contributed by atoms with van der Waals surface area (Å²) in [5, 5.41) is 5.84. The topological polar surface area (TPSA) is 70.7 Å². The van der Waals surface area contributed by atoms with Gasteiger partial charge < -0.3 is 20.3 Å². The van der Waals surface area contributed by atoms with E-state index in [-0.39, 0.29) is 11.9 Å². The first-order valence-electron chi connectivity index (χ1n) is 11.3. The van der Waals surface area contributed by atoms with E-state index in [2.05, 4.69) is 22.8 Å². The molecule has 0 radical (unpaired) electrons. The van der Waals surface area contributed by atoms with Crippen LogP contribution in [0.5, 0.6) is 5.75 Å². The van der Waals surface area contributed by atoms with Crippen LogP contribution in [0.4, 0.5) is 10.5 Å². The molecule has 0 spiro atoms. The van der Waals surface area contributed by atoms with Gasteiger partial charge in [0.2, 0.25) is 0 Å². The molecule has 6 heteroatoms. The number of ether oxygens (including phenoxy) is 1. The monoisotopic (exact) mass is 443 g/mol. The Morgan fingerprint density at radius 2 is 1.61 bits per heavy atom. The number of benzene rings is 3. The number of carbonyl (C=O) groups excluding carboxylic acids is 2. The molecule has 6 nitrogen and oxygen atoms in total. The molecular weight excluding hydrogens is 414 g/mol. The second kappa shape index (κ2) is 10.7. The van der Waals surface area contributed by atoms with Gasteiger partial charge in [-0.3, -0.25) is 4.79 Å². The van der Waals surface area contributed by atoms with Crippen molar-refractivity contribution in [1.29, 1.82) is 0 Å². The van der Waals surface area contributed by atoms with Crippen LogP contribution in [0.25, 0.3) is 11.1 Å². The molecular formula is C27H29N3O3. The minimum absolute atomic E-state index is 0.0750. The summed E-state index contributed by atoms with van der Waals surface area (Å²) in [4.78, 5) is 26.6. The third kappa shape index (κ3) is 6.13. The summed E-state index contributed by atoms with van der Waals surface area (Å²) in [6.45, 7) is 3.68. The van der Waals surface area contributed by atoms with Gasteiger partial charge in [-0.25, -0.2) is 4.79 Å². The fourth-order valence-electron chi connectivity index (χ4n) is 3.83. The molecule has 1 aliphatic heterocycles. The summed E-state index contributed by atoms with van der Waals surface area (Å²) in [5.74, 6) is 0.442. The number of hydrogen-bond acceptors (Lipinski definition) is 3. The van der Waals surface area contributed by atoms with Crippen LogP contribution in [0.15, 0.2) is 78.9 Å². The lowest BCUT2D eigenvalue weighted by Gasteiger charge is -2.17. The molecule has 0 aliphatic carbocycles. The van der Waals surface area contributed by atoms with Crippen molar-refractivity contribution < 1.29 is 14.3 Å². The average Bonchev–Trinajstić information content (AvgIpc) is 3.39. The standard InChI is InChI=1S/C27H29N3O3/c1-20(33-25-14-12-23(13-15-25)22-9-3-2-4-10-22)26(31)28-19-21-8-7-11-24(18-21)29-27(32)30-16-5-6-17-30/h2-4,7-15,18,20H,5-6,16-17,19H2,1H3,(H,28,31)(H,29,32). The van der Waals surface area contributed by atoms with E-state index in [1.165, 1.54) is 0 Å². The lowest BCUT2D eigenvalue weighted by Crippen LogP contribution is -2.36. The highest BCUT2D eigenvalue weighted by Crippen LogP contribution is 2.22. The second-order valence-electron chi connectivity index (χ2n) is 8.19. The summed E-state index contributed by atoms with van der Waals surface area (Å²) in [6.07, 6.45) is 1.47. The van der Waals surface area contributed by atoms with Crippen molar-refractivity contribution in [2.24, 2.45) is 0 Å². The van der Waals surface area contributed by atoms with Gasteiger partial charge in [0.05, 0.1) is 0 Å². The normalized spacial score (nSPS) is 13.9. The zero-order valence-electron chi connectivity index (χ0n) is 18.8. The molecule has 1 saturated heterocycles. The molecule has 3 aromatic rings. The molecule has 3 aromatic carbocycles. The Kier molecular flexibility index (Phi) is 7.25. The van der Waals surface area contributed by atoms with Crippen LogP contribution in [0.3, 0.4) is 0 Å². The third-order valence-electron chi connectivity index (χ3n) is 5.68. The predicted octanol–water partition coefficient (Wildman–Crippen LogP) is 5.07. The van der Waals surface area contributed by atoms with Crippen molar-refractivity contribution in [3.8, 4) is 16.9 Å². The number of nitrogens with one attached hydrogen (secondary N) is 2. The fourth-order valence-corrected chi connectivity index (χ4v) is 3.83. The Morgan fingerprint density at radius 1 is 0.909 bits per heavy atom. The van der Waals surface area contributed by atoms with E-state index in [1.807, 2.05) is 71.6 Å². The van der Waals surface area contributed by atoms with Gasteiger partial charge in [0, 0.05) is 25.3 Å². The lowest BCUT2D eigenvalue weighted by atomic mass is 10.1. The van der Waals surface area contributed by atoms with Crippen LogP contribution < -0.4 is 15.4 Å². The summed E-state index contributed by atoms with van der Waals surface area (Å²) in [6, 6.07) is 25.3. The van der Waals surface area contributed by atoms with Crippen molar-refractivity contribution in [3.05, 3.63) is 84.4 Å². The molecule has 1 atom stereocenters. The molecule has 0 bridgehead atoms. The van der Waals surface area contributed by atoms with Gasteiger partial charge in [-0.1, -0.05) is 54.6 Å². The summed E-state index contributed by atoms with van der Waals surface area (Å²) in [7, 11) is 0. The van der Waals surface area contributed by atoms with Gasteiger partial charge in [0.25, 0.3) is 5.91 Å². The van der Waals surface area contributed by atoms with Gasteiger partial charge in [-0.2, -0.15) is 0 Å². The highest BCUT2D eigenvalue weighted by Gasteiger charge is 2.18. The Morgan fingerprint density at radius 3 is 2.33 bits per heavy atom. The van der Waals surface area contributed by atoms with Crippen molar-refractivity contribution >= 4 is 17.6 Å². The van der Waals surface area contributed by atoms with Gasteiger partial charge in [-0.05, 0) is 60.7 Å². The SMILES string of the molecule is CC(Oc1ccc(-c2ccccc2)cc1)C(=O)NCc1cccc(NC(=O)N2CCCC2)c1. The third-order valence-corrected chi connectivity index (χ3v) is 5.68. The van der Waals surface area contributed by atoms with Crippen LogP contribution in [0.2, 0.25) is 0 Å². The molecule has 0 aromatic heterocycles. The molecule has 2 N–H and O–H groups in total. The molecule has 1 heterocycles. The predicted molar refractivity (Wildman–Crippen MR) is 130 cm³/mol. The minimum Gasteiger partial charge on any atom is -0.481 e.